The zero-order valence-electron chi connectivity index (χ0n) is 18.6. The van der Waals surface area contributed by atoms with Crippen molar-refractivity contribution in [1.82, 2.24) is 10.0 Å². The van der Waals surface area contributed by atoms with Crippen molar-refractivity contribution in [3.8, 4) is 0 Å². The highest BCUT2D eigenvalue weighted by Crippen LogP contribution is 2.13. The van der Waals surface area contributed by atoms with Gasteiger partial charge >= 0.3 is 5.97 Å². The first-order valence-electron chi connectivity index (χ1n) is 10.4. The van der Waals surface area contributed by atoms with Crippen molar-refractivity contribution >= 4 is 27.9 Å². The summed E-state index contributed by atoms with van der Waals surface area (Å²) in [4.78, 5) is 28.3. The second-order valence-electron chi connectivity index (χ2n) is 7.67. The summed E-state index contributed by atoms with van der Waals surface area (Å²) in [5, 5.41) is 11.9. The van der Waals surface area contributed by atoms with E-state index in [0.717, 1.165) is 5.56 Å². The summed E-state index contributed by atoms with van der Waals surface area (Å²) < 4.78 is 41.4. The molecule has 0 aromatic heterocycles. The van der Waals surface area contributed by atoms with Gasteiger partial charge in [0, 0.05) is 6.54 Å². The number of guanidine groups is 1. The number of aliphatic imine (C=N–C) groups is 1. The summed E-state index contributed by atoms with van der Waals surface area (Å²) >= 11 is 0. The van der Waals surface area contributed by atoms with Crippen LogP contribution in [0.15, 0.2) is 58.4 Å². The van der Waals surface area contributed by atoms with Crippen LogP contribution in [0.2, 0.25) is 0 Å². The molecule has 12 heteroatoms. The van der Waals surface area contributed by atoms with Crippen LogP contribution in [0.5, 0.6) is 0 Å². The number of nitrogens with one attached hydrogen (secondary N) is 2. The maximum Gasteiger partial charge on any atom is 0.326 e. The van der Waals surface area contributed by atoms with E-state index in [1.165, 1.54) is 36.4 Å². The van der Waals surface area contributed by atoms with E-state index < -0.39 is 39.8 Å². The minimum atomic E-state index is -4.11. The Hall–Kier alpha value is -3.51. The standard InChI is InChI=1S/C22H28FN5O5S/c1-14-4-10-17(11-5-14)34(32,33)28-19(13-15-6-8-16(23)9-7-15)20(29)27-18(21(30)31)3-2-12-26-22(24)25/h4-11,18-19,28H,2-3,12-13H2,1H3,(H,27,29)(H,30,31)(H4,24,25,26)/t18-,19+/m0/s1. The number of rotatable bonds is 12. The van der Waals surface area contributed by atoms with Crippen LogP contribution in [0.25, 0.3) is 0 Å². The fourth-order valence-corrected chi connectivity index (χ4v) is 4.25. The molecule has 2 aromatic rings. The van der Waals surface area contributed by atoms with E-state index in [4.69, 9.17) is 11.5 Å². The third-order valence-corrected chi connectivity index (χ3v) is 6.35. The number of sulfonamides is 1. The number of aryl methyl sites for hydroxylation is 1. The van der Waals surface area contributed by atoms with Gasteiger partial charge in [0.25, 0.3) is 0 Å². The van der Waals surface area contributed by atoms with E-state index >= 15 is 0 Å². The fraction of sp³-hybridized carbons (Fsp3) is 0.318. The van der Waals surface area contributed by atoms with Gasteiger partial charge in [-0.3, -0.25) is 9.79 Å². The number of nitrogens with two attached hydrogens (primary N) is 2. The average Bonchev–Trinajstić information content (AvgIpc) is 2.76. The Bertz CT molecular complexity index is 1120. The average molecular weight is 494 g/mol. The molecule has 2 rings (SSSR count). The molecule has 2 atom stereocenters. The Kier molecular flexibility index (Phi) is 9.51. The molecule has 0 radical (unpaired) electrons. The second-order valence-corrected chi connectivity index (χ2v) is 9.38. The highest BCUT2D eigenvalue weighted by molar-refractivity contribution is 7.89. The molecule has 0 heterocycles. The molecule has 0 unspecified atom stereocenters. The van der Waals surface area contributed by atoms with E-state index in [1.807, 2.05) is 0 Å². The number of amides is 1. The number of aliphatic carboxylic acids is 1. The Morgan fingerprint density at radius 1 is 1.06 bits per heavy atom. The molecule has 7 N–H and O–H groups in total. The molecule has 0 saturated heterocycles. The minimum absolute atomic E-state index is 0.0197. The van der Waals surface area contributed by atoms with Gasteiger partial charge in [-0.15, -0.1) is 0 Å². The van der Waals surface area contributed by atoms with E-state index in [1.54, 1.807) is 19.1 Å². The lowest BCUT2D eigenvalue weighted by molar-refractivity contribution is -0.142. The molecule has 0 fully saturated rings. The molecule has 2 aromatic carbocycles. The van der Waals surface area contributed by atoms with Gasteiger partial charge in [0.1, 0.15) is 17.9 Å². The molecule has 0 spiro atoms. The lowest BCUT2D eigenvalue weighted by Gasteiger charge is -2.21. The van der Waals surface area contributed by atoms with Crippen LogP contribution >= 0.6 is 0 Å². The van der Waals surface area contributed by atoms with Gasteiger partial charge in [-0.1, -0.05) is 29.8 Å². The summed E-state index contributed by atoms with van der Waals surface area (Å²) in [6.45, 7) is 1.97. The first-order chi connectivity index (χ1) is 16.0. The molecule has 0 bridgehead atoms. The van der Waals surface area contributed by atoms with E-state index in [2.05, 4.69) is 15.0 Å². The van der Waals surface area contributed by atoms with Gasteiger partial charge in [-0.05, 0) is 56.0 Å². The number of carboxylic acids is 1. The number of carbonyl (C=O) groups is 2. The van der Waals surface area contributed by atoms with Crippen LogP contribution in [0.3, 0.4) is 0 Å². The first-order valence-corrected chi connectivity index (χ1v) is 11.9. The van der Waals surface area contributed by atoms with Crippen LogP contribution in [0.1, 0.15) is 24.0 Å². The van der Waals surface area contributed by atoms with E-state index in [0.29, 0.717) is 5.56 Å². The summed E-state index contributed by atoms with van der Waals surface area (Å²) in [5.74, 6) is -2.76. The van der Waals surface area contributed by atoms with Gasteiger partial charge in [-0.25, -0.2) is 17.6 Å². The number of hydrogen-bond donors (Lipinski definition) is 5. The number of nitrogens with zero attached hydrogens (tertiary/aromatic N) is 1. The number of benzene rings is 2. The summed E-state index contributed by atoms with van der Waals surface area (Å²) in [6, 6.07) is 8.58. The van der Waals surface area contributed by atoms with Gasteiger partial charge in [0.2, 0.25) is 15.9 Å². The third-order valence-electron chi connectivity index (χ3n) is 4.86. The van der Waals surface area contributed by atoms with Crippen molar-refractivity contribution in [2.24, 2.45) is 16.5 Å². The van der Waals surface area contributed by atoms with Crippen molar-refractivity contribution in [3.05, 3.63) is 65.5 Å². The minimum Gasteiger partial charge on any atom is -0.480 e. The highest BCUT2D eigenvalue weighted by atomic mass is 32.2. The largest absolute Gasteiger partial charge is 0.480 e. The molecule has 184 valence electrons. The van der Waals surface area contributed by atoms with Crippen LogP contribution in [-0.2, 0) is 26.0 Å². The van der Waals surface area contributed by atoms with Gasteiger partial charge < -0.3 is 21.9 Å². The predicted octanol–water partition coefficient (Wildman–Crippen LogP) is 0.647. The predicted molar refractivity (Wildman–Crippen MR) is 125 cm³/mol. The number of halogens is 1. The zero-order chi connectivity index (χ0) is 25.3. The number of hydrogen-bond acceptors (Lipinski definition) is 5. The first kappa shape index (κ1) is 26.7. The second kappa shape index (κ2) is 12.1. The Labute approximate surface area is 197 Å². The van der Waals surface area contributed by atoms with Crippen molar-refractivity contribution < 1.29 is 27.5 Å². The molecular weight excluding hydrogens is 465 g/mol. The van der Waals surface area contributed by atoms with Crippen LogP contribution < -0.4 is 21.5 Å². The van der Waals surface area contributed by atoms with Crippen molar-refractivity contribution in [3.63, 3.8) is 0 Å². The molecular formula is C22H28FN5O5S. The van der Waals surface area contributed by atoms with Crippen LogP contribution in [0.4, 0.5) is 4.39 Å². The van der Waals surface area contributed by atoms with Crippen molar-refractivity contribution in [2.75, 3.05) is 6.54 Å². The Morgan fingerprint density at radius 3 is 2.24 bits per heavy atom. The van der Waals surface area contributed by atoms with E-state index in [-0.39, 0.29) is 36.7 Å². The van der Waals surface area contributed by atoms with Crippen molar-refractivity contribution in [2.45, 2.75) is 43.2 Å². The highest BCUT2D eigenvalue weighted by Gasteiger charge is 2.29. The third kappa shape index (κ3) is 8.45. The molecule has 34 heavy (non-hydrogen) atoms. The quantitative estimate of drug-likeness (QED) is 0.164. The maximum absolute atomic E-state index is 13.3. The summed E-state index contributed by atoms with van der Waals surface area (Å²) in [7, 11) is -4.11. The molecule has 0 aliphatic heterocycles. The number of carboxylic acid groups (broad SMARTS) is 1. The molecule has 1 amide bonds. The zero-order valence-corrected chi connectivity index (χ0v) is 19.4. The van der Waals surface area contributed by atoms with Gasteiger partial charge in [0.15, 0.2) is 5.96 Å². The van der Waals surface area contributed by atoms with Gasteiger partial charge in [0.05, 0.1) is 4.90 Å². The lowest BCUT2D eigenvalue weighted by atomic mass is 10.0. The topological polar surface area (TPSA) is 177 Å². The van der Waals surface area contributed by atoms with Crippen LogP contribution in [0, 0.1) is 12.7 Å². The molecule has 0 aliphatic carbocycles. The van der Waals surface area contributed by atoms with E-state index in [9.17, 15) is 27.5 Å². The Balaban J connectivity index is 2.23. The Morgan fingerprint density at radius 2 is 1.68 bits per heavy atom. The molecule has 10 nitrogen and oxygen atoms in total. The molecule has 0 aliphatic rings. The van der Waals surface area contributed by atoms with Crippen LogP contribution in [-0.4, -0.2) is 50.0 Å². The smallest absolute Gasteiger partial charge is 0.326 e. The fourth-order valence-electron chi connectivity index (χ4n) is 3.05. The summed E-state index contributed by atoms with van der Waals surface area (Å²) in [5.41, 5.74) is 11.8. The molecule has 0 saturated carbocycles. The monoisotopic (exact) mass is 493 g/mol. The normalized spacial score (nSPS) is 13.0. The lowest BCUT2D eigenvalue weighted by Crippen LogP contribution is -2.52. The van der Waals surface area contributed by atoms with Crippen molar-refractivity contribution in [1.29, 1.82) is 0 Å². The maximum atomic E-state index is 13.3. The SMILES string of the molecule is Cc1ccc(S(=O)(=O)N[C@H](Cc2ccc(F)cc2)C(=O)N[C@@H](CCCN=C(N)N)C(=O)O)cc1. The van der Waals surface area contributed by atoms with Gasteiger partial charge in [-0.2, -0.15) is 4.72 Å². The summed E-state index contributed by atoms with van der Waals surface area (Å²) in [6.07, 6.45) is 0.163. The number of carbonyl (C=O) groups excluding carboxylic acids is 1.